The van der Waals surface area contributed by atoms with Gasteiger partial charge in [-0.15, -0.1) is 0 Å². The van der Waals surface area contributed by atoms with Gasteiger partial charge in [-0.1, -0.05) is 42.6 Å². The van der Waals surface area contributed by atoms with Crippen molar-refractivity contribution in [3.05, 3.63) is 34.9 Å². The number of piperidine rings is 1. The molecule has 98 valence electrons. The first-order valence-electron chi connectivity index (χ1n) is 6.91. The van der Waals surface area contributed by atoms with E-state index in [1.165, 1.54) is 6.42 Å². The van der Waals surface area contributed by atoms with Crippen molar-refractivity contribution in [1.29, 1.82) is 0 Å². The first-order chi connectivity index (χ1) is 8.71. The zero-order valence-electron chi connectivity index (χ0n) is 10.5. The van der Waals surface area contributed by atoms with Gasteiger partial charge in [0.15, 0.2) is 0 Å². The van der Waals surface area contributed by atoms with Gasteiger partial charge in [0.1, 0.15) is 0 Å². The minimum absolute atomic E-state index is 0.206. The highest BCUT2D eigenvalue weighted by molar-refractivity contribution is 6.31. The van der Waals surface area contributed by atoms with Gasteiger partial charge >= 0.3 is 0 Å². The van der Waals surface area contributed by atoms with Crippen LogP contribution in [0, 0.1) is 5.92 Å². The third-order valence-electron chi connectivity index (χ3n) is 4.63. The van der Waals surface area contributed by atoms with Crippen LogP contribution in [0.1, 0.15) is 43.7 Å². The summed E-state index contributed by atoms with van der Waals surface area (Å²) < 4.78 is 0. The quantitative estimate of drug-likeness (QED) is 0.817. The number of fused-ring (bicyclic) bond motifs is 1. The van der Waals surface area contributed by atoms with Gasteiger partial charge in [-0.05, 0) is 37.4 Å². The molecule has 1 saturated carbocycles. The van der Waals surface area contributed by atoms with Crippen LogP contribution in [-0.4, -0.2) is 17.3 Å². The molecule has 0 unspecified atom stereocenters. The van der Waals surface area contributed by atoms with E-state index in [-0.39, 0.29) is 6.04 Å². The van der Waals surface area contributed by atoms with Crippen molar-refractivity contribution >= 4 is 11.6 Å². The zero-order chi connectivity index (χ0) is 12.6. The summed E-state index contributed by atoms with van der Waals surface area (Å²) in [6, 6.07) is 8.22. The lowest BCUT2D eigenvalue weighted by Gasteiger charge is -2.48. The molecule has 1 saturated heterocycles. The number of benzene rings is 1. The molecule has 2 aliphatic rings. The Hall–Kier alpha value is -0.570. The van der Waals surface area contributed by atoms with E-state index in [2.05, 4.69) is 11.4 Å². The van der Waals surface area contributed by atoms with Gasteiger partial charge in [0, 0.05) is 17.0 Å². The Bertz CT molecular complexity index is 432. The van der Waals surface area contributed by atoms with Crippen LogP contribution in [0.25, 0.3) is 0 Å². The number of halogens is 1. The Kier molecular flexibility index (Phi) is 3.35. The van der Waals surface area contributed by atoms with Crippen LogP contribution >= 0.6 is 11.6 Å². The van der Waals surface area contributed by atoms with Gasteiger partial charge in [0.2, 0.25) is 0 Å². The van der Waals surface area contributed by atoms with Crippen LogP contribution < -0.4 is 5.32 Å². The minimum Gasteiger partial charge on any atom is -0.389 e. The summed E-state index contributed by atoms with van der Waals surface area (Å²) in [5.74, 6) is 0.305. The van der Waals surface area contributed by atoms with Crippen molar-refractivity contribution in [2.45, 2.75) is 43.7 Å². The first-order valence-corrected chi connectivity index (χ1v) is 7.29. The highest BCUT2D eigenvalue weighted by Crippen LogP contribution is 2.46. The van der Waals surface area contributed by atoms with Crippen LogP contribution in [0.4, 0.5) is 0 Å². The van der Waals surface area contributed by atoms with E-state index in [1.807, 2.05) is 18.2 Å². The average Bonchev–Trinajstić information content (AvgIpc) is 2.38. The molecule has 3 atom stereocenters. The fraction of sp³-hybridized carbons (Fsp3) is 0.600. The maximum atomic E-state index is 10.8. The molecule has 2 fully saturated rings. The van der Waals surface area contributed by atoms with Gasteiger partial charge in [-0.2, -0.15) is 0 Å². The van der Waals surface area contributed by atoms with Crippen molar-refractivity contribution in [3.63, 3.8) is 0 Å². The zero-order valence-corrected chi connectivity index (χ0v) is 11.3. The van der Waals surface area contributed by atoms with E-state index in [9.17, 15) is 5.11 Å². The second-order valence-corrected chi connectivity index (χ2v) is 6.07. The van der Waals surface area contributed by atoms with Crippen molar-refractivity contribution in [1.82, 2.24) is 5.32 Å². The molecule has 0 radical (unpaired) electrons. The Morgan fingerprint density at radius 2 is 2.06 bits per heavy atom. The molecule has 1 aliphatic heterocycles. The monoisotopic (exact) mass is 265 g/mol. The van der Waals surface area contributed by atoms with Gasteiger partial charge < -0.3 is 10.4 Å². The molecule has 0 bridgehead atoms. The minimum atomic E-state index is -0.479. The van der Waals surface area contributed by atoms with Gasteiger partial charge in [0.05, 0.1) is 5.60 Å². The molecule has 1 heterocycles. The second kappa shape index (κ2) is 4.84. The van der Waals surface area contributed by atoms with Crippen LogP contribution in [0.3, 0.4) is 0 Å². The Morgan fingerprint density at radius 1 is 1.22 bits per heavy atom. The molecule has 0 spiro atoms. The van der Waals surface area contributed by atoms with Crippen molar-refractivity contribution in [2.75, 3.05) is 6.54 Å². The van der Waals surface area contributed by atoms with Crippen molar-refractivity contribution in [3.8, 4) is 0 Å². The molecule has 2 nitrogen and oxygen atoms in total. The fourth-order valence-electron chi connectivity index (χ4n) is 3.68. The van der Waals surface area contributed by atoms with Crippen LogP contribution in [0.2, 0.25) is 5.02 Å². The van der Waals surface area contributed by atoms with E-state index >= 15 is 0 Å². The maximum Gasteiger partial charge on any atom is 0.0706 e. The molecule has 1 aliphatic carbocycles. The number of aliphatic hydroxyl groups is 1. The van der Waals surface area contributed by atoms with E-state index in [4.69, 9.17) is 11.6 Å². The molecule has 3 heteroatoms. The lowest BCUT2D eigenvalue weighted by molar-refractivity contribution is -0.0861. The summed E-state index contributed by atoms with van der Waals surface area (Å²) in [7, 11) is 0. The SMILES string of the molecule is O[C@]12CCCC[C@H]1[C@H](c1ccccc1Cl)NCC2. The summed E-state index contributed by atoms with van der Waals surface area (Å²) >= 11 is 6.31. The summed E-state index contributed by atoms with van der Waals surface area (Å²) in [5.41, 5.74) is 0.664. The smallest absolute Gasteiger partial charge is 0.0706 e. The Balaban J connectivity index is 1.94. The third kappa shape index (κ3) is 2.07. The van der Waals surface area contributed by atoms with E-state index in [0.717, 1.165) is 42.8 Å². The van der Waals surface area contributed by atoms with Gasteiger partial charge in [0.25, 0.3) is 0 Å². The Labute approximate surface area is 113 Å². The largest absolute Gasteiger partial charge is 0.389 e. The average molecular weight is 266 g/mol. The number of hydrogen-bond donors (Lipinski definition) is 2. The molecule has 0 amide bonds. The summed E-state index contributed by atoms with van der Waals surface area (Å²) in [5, 5.41) is 15.2. The summed E-state index contributed by atoms with van der Waals surface area (Å²) in [4.78, 5) is 0. The highest BCUT2D eigenvalue weighted by Gasteiger charge is 2.46. The number of rotatable bonds is 1. The summed E-state index contributed by atoms with van der Waals surface area (Å²) in [6.07, 6.45) is 5.29. The van der Waals surface area contributed by atoms with Gasteiger partial charge in [-0.3, -0.25) is 0 Å². The standard InChI is InChI=1S/C15H20ClNO/c16-13-7-2-1-5-11(13)14-12-6-3-4-8-15(12,18)9-10-17-14/h1-2,5,7,12,14,17-18H,3-4,6,8-10H2/t12-,14-,15-/m0/s1. The van der Waals surface area contributed by atoms with Crippen LogP contribution in [0.15, 0.2) is 24.3 Å². The predicted octanol–water partition coefficient (Wildman–Crippen LogP) is 3.30. The molecule has 1 aromatic carbocycles. The van der Waals surface area contributed by atoms with Gasteiger partial charge in [-0.25, -0.2) is 0 Å². The molecule has 3 rings (SSSR count). The van der Waals surface area contributed by atoms with E-state index in [0.29, 0.717) is 5.92 Å². The first kappa shape index (κ1) is 12.5. The molecular formula is C15H20ClNO. The van der Waals surface area contributed by atoms with Crippen molar-refractivity contribution < 1.29 is 5.11 Å². The normalized spacial score (nSPS) is 36.1. The lowest BCUT2D eigenvalue weighted by Crippen LogP contribution is -2.53. The topological polar surface area (TPSA) is 32.3 Å². The second-order valence-electron chi connectivity index (χ2n) is 5.66. The highest BCUT2D eigenvalue weighted by atomic mass is 35.5. The number of nitrogens with one attached hydrogen (secondary N) is 1. The van der Waals surface area contributed by atoms with E-state index in [1.54, 1.807) is 0 Å². The molecular weight excluding hydrogens is 246 g/mol. The van der Waals surface area contributed by atoms with Crippen LogP contribution in [-0.2, 0) is 0 Å². The van der Waals surface area contributed by atoms with E-state index < -0.39 is 5.60 Å². The van der Waals surface area contributed by atoms with Crippen LogP contribution in [0.5, 0.6) is 0 Å². The number of hydrogen-bond acceptors (Lipinski definition) is 2. The molecule has 2 N–H and O–H groups in total. The maximum absolute atomic E-state index is 10.8. The molecule has 18 heavy (non-hydrogen) atoms. The predicted molar refractivity (Wildman–Crippen MR) is 73.7 cm³/mol. The molecule has 1 aromatic rings. The summed E-state index contributed by atoms with van der Waals surface area (Å²) in [6.45, 7) is 0.878. The lowest BCUT2D eigenvalue weighted by atomic mass is 9.67. The van der Waals surface area contributed by atoms with Crippen molar-refractivity contribution in [2.24, 2.45) is 5.92 Å². The fourth-order valence-corrected chi connectivity index (χ4v) is 3.93. The Morgan fingerprint density at radius 3 is 2.89 bits per heavy atom. The third-order valence-corrected chi connectivity index (χ3v) is 4.97. The molecule has 0 aromatic heterocycles.